The molecule has 0 fully saturated rings. The molecule has 1 aromatic rings. The number of hydrogen-bond acceptors (Lipinski definition) is 2. The van der Waals surface area contributed by atoms with Crippen LogP contribution in [0.3, 0.4) is 0 Å². The first-order chi connectivity index (χ1) is 6.50. The highest BCUT2D eigenvalue weighted by Gasteiger charge is 2.16. The summed E-state index contributed by atoms with van der Waals surface area (Å²) in [6, 6.07) is 3.08. The molecule has 0 bridgehead atoms. The van der Waals surface area contributed by atoms with E-state index >= 15 is 0 Å². The third-order valence-corrected chi connectivity index (χ3v) is 2.00. The molecule has 1 atom stereocenters. The summed E-state index contributed by atoms with van der Waals surface area (Å²) in [5.41, 5.74) is 0. The molecule has 1 heterocycles. The topological polar surface area (TPSA) is 33.5 Å². The molecule has 1 rings (SSSR count). The summed E-state index contributed by atoms with van der Waals surface area (Å²) in [6.07, 6.45) is 0. The van der Waals surface area contributed by atoms with E-state index < -0.39 is 0 Å². The molecule has 3 nitrogen and oxygen atoms in total. The van der Waals surface area contributed by atoms with Crippen LogP contribution in [0.1, 0.15) is 17.5 Å². The van der Waals surface area contributed by atoms with Gasteiger partial charge in [-0.1, -0.05) is 0 Å². The average molecular weight is 236 g/mol. The summed E-state index contributed by atoms with van der Waals surface area (Å²) in [7, 11) is 1.66. The fraction of sp³-hybridized carbons (Fsp3) is 0.444. The second kappa shape index (κ2) is 4.71. The highest BCUT2D eigenvalue weighted by Crippen LogP contribution is 2.14. The number of nitrogens with zero attached hydrogens (tertiary/aromatic N) is 1. The van der Waals surface area contributed by atoms with Gasteiger partial charge in [-0.2, -0.15) is 0 Å². The van der Waals surface area contributed by atoms with E-state index in [0.29, 0.717) is 6.54 Å². The van der Waals surface area contributed by atoms with E-state index in [1.54, 1.807) is 13.1 Å². The first kappa shape index (κ1) is 11.4. The SMILES string of the molecule is CC(Cl)CN(C)C(=O)c1ccc(Cl)o1. The lowest BCUT2D eigenvalue weighted by molar-refractivity contribution is 0.0765. The van der Waals surface area contributed by atoms with Gasteiger partial charge in [-0.3, -0.25) is 4.79 Å². The van der Waals surface area contributed by atoms with Gasteiger partial charge in [0.25, 0.3) is 5.91 Å². The lowest BCUT2D eigenvalue weighted by Crippen LogP contribution is -2.31. The van der Waals surface area contributed by atoms with Crippen molar-refractivity contribution in [2.45, 2.75) is 12.3 Å². The zero-order chi connectivity index (χ0) is 10.7. The van der Waals surface area contributed by atoms with E-state index in [1.807, 2.05) is 6.92 Å². The first-order valence-electron chi connectivity index (χ1n) is 4.15. The van der Waals surface area contributed by atoms with Gasteiger partial charge in [-0.25, -0.2) is 0 Å². The van der Waals surface area contributed by atoms with Crippen molar-refractivity contribution < 1.29 is 9.21 Å². The van der Waals surface area contributed by atoms with Gasteiger partial charge >= 0.3 is 0 Å². The molecule has 14 heavy (non-hydrogen) atoms. The van der Waals surface area contributed by atoms with Crippen molar-refractivity contribution in [3.63, 3.8) is 0 Å². The van der Waals surface area contributed by atoms with Crippen LogP contribution >= 0.6 is 23.2 Å². The zero-order valence-corrected chi connectivity index (χ0v) is 9.47. The smallest absolute Gasteiger partial charge is 0.289 e. The van der Waals surface area contributed by atoms with Crippen LogP contribution in [0.25, 0.3) is 0 Å². The van der Waals surface area contributed by atoms with Gasteiger partial charge in [0.1, 0.15) is 0 Å². The molecule has 0 radical (unpaired) electrons. The van der Waals surface area contributed by atoms with Crippen molar-refractivity contribution in [3.8, 4) is 0 Å². The van der Waals surface area contributed by atoms with Gasteiger partial charge < -0.3 is 9.32 Å². The number of hydrogen-bond donors (Lipinski definition) is 0. The van der Waals surface area contributed by atoms with Gasteiger partial charge in [0.2, 0.25) is 0 Å². The minimum atomic E-state index is -0.218. The fourth-order valence-corrected chi connectivity index (χ4v) is 1.43. The second-order valence-corrected chi connectivity index (χ2v) is 4.19. The van der Waals surface area contributed by atoms with Gasteiger partial charge in [0, 0.05) is 19.0 Å². The van der Waals surface area contributed by atoms with Gasteiger partial charge in [0.15, 0.2) is 11.0 Å². The van der Waals surface area contributed by atoms with Crippen molar-refractivity contribution in [2.24, 2.45) is 0 Å². The predicted octanol–water partition coefficient (Wildman–Crippen LogP) is 2.63. The monoisotopic (exact) mass is 235 g/mol. The molecule has 0 N–H and O–H groups in total. The average Bonchev–Trinajstić information content (AvgIpc) is 2.49. The normalized spacial score (nSPS) is 12.6. The Bertz CT molecular complexity index is 322. The summed E-state index contributed by atoms with van der Waals surface area (Å²) in [4.78, 5) is 13.1. The van der Waals surface area contributed by atoms with Crippen LogP contribution in [0.5, 0.6) is 0 Å². The van der Waals surface area contributed by atoms with E-state index in [4.69, 9.17) is 27.6 Å². The lowest BCUT2D eigenvalue weighted by atomic mass is 10.3. The Morgan fingerprint density at radius 1 is 1.64 bits per heavy atom. The van der Waals surface area contributed by atoms with E-state index in [-0.39, 0.29) is 22.3 Å². The van der Waals surface area contributed by atoms with Crippen LogP contribution in [0.4, 0.5) is 0 Å². The van der Waals surface area contributed by atoms with E-state index in [1.165, 1.54) is 11.0 Å². The maximum atomic E-state index is 11.6. The van der Waals surface area contributed by atoms with Gasteiger partial charge in [0.05, 0.1) is 0 Å². The van der Waals surface area contributed by atoms with Crippen molar-refractivity contribution in [1.82, 2.24) is 4.90 Å². The molecule has 1 unspecified atom stereocenters. The molecule has 0 aliphatic carbocycles. The molecule has 0 saturated carbocycles. The lowest BCUT2D eigenvalue weighted by Gasteiger charge is -2.16. The molecule has 0 spiro atoms. The Morgan fingerprint density at radius 2 is 2.29 bits per heavy atom. The molecule has 5 heteroatoms. The number of rotatable bonds is 3. The third-order valence-electron chi connectivity index (χ3n) is 1.66. The molecule has 0 aliphatic heterocycles. The van der Waals surface area contributed by atoms with Crippen LogP contribution in [0.15, 0.2) is 16.5 Å². The number of alkyl halides is 1. The van der Waals surface area contributed by atoms with Crippen LogP contribution < -0.4 is 0 Å². The predicted molar refractivity (Wildman–Crippen MR) is 56.0 cm³/mol. The molecule has 78 valence electrons. The second-order valence-electron chi connectivity index (χ2n) is 3.07. The summed E-state index contributed by atoms with van der Waals surface area (Å²) in [5.74, 6) is 0.0132. The number of amides is 1. The Balaban J connectivity index is 2.65. The quantitative estimate of drug-likeness (QED) is 0.756. The minimum absolute atomic E-state index is 0.0885. The standard InChI is InChI=1S/C9H11Cl2NO2/c1-6(10)5-12(2)9(13)7-3-4-8(11)14-7/h3-4,6H,5H2,1-2H3. The Morgan fingerprint density at radius 3 is 2.71 bits per heavy atom. The number of furan rings is 1. The Kier molecular flexibility index (Phi) is 3.84. The van der Waals surface area contributed by atoms with Crippen molar-refractivity contribution in [2.75, 3.05) is 13.6 Å². The van der Waals surface area contributed by atoms with E-state index in [0.717, 1.165) is 0 Å². The third kappa shape index (κ3) is 2.93. The molecular weight excluding hydrogens is 225 g/mol. The molecule has 1 amide bonds. The van der Waals surface area contributed by atoms with Gasteiger partial charge in [-0.05, 0) is 30.7 Å². The van der Waals surface area contributed by atoms with Crippen LogP contribution in [0, 0.1) is 0 Å². The summed E-state index contributed by atoms with van der Waals surface area (Å²) in [6.45, 7) is 2.29. The van der Waals surface area contributed by atoms with E-state index in [2.05, 4.69) is 0 Å². The van der Waals surface area contributed by atoms with Crippen LogP contribution in [-0.2, 0) is 0 Å². The zero-order valence-electron chi connectivity index (χ0n) is 7.96. The fourth-order valence-electron chi connectivity index (χ4n) is 1.08. The number of halogens is 2. The van der Waals surface area contributed by atoms with Crippen LogP contribution in [-0.4, -0.2) is 29.8 Å². The largest absolute Gasteiger partial charge is 0.440 e. The summed E-state index contributed by atoms with van der Waals surface area (Å²) >= 11 is 11.3. The van der Waals surface area contributed by atoms with Crippen molar-refractivity contribution in [1.29, 1.82) is 0 Å². The summed E-state index contributed by atoms with van der Waals surface area (Å²) < 4.78 is 4.98. The highest BCUT2D eigenvalue weighted by molar-refractivity contribution is 6.29. The molecule has 0 aliphatic rings. The summed E-state index contributed by atoms with van der Waals surface area (Å²) in [5, 5.41) is 0.120. The molecule has 1 aromatic heterocycles. The molecule has 0 saturated heterocycles. The number of carbonyl (C=O) groups excluding carboxylic acids is 1. The Labute approximate surface area is 92.6 Å². The van der Waals surface area contributed by atoms with E-state index in [9.17, 15) is 4.79 Å². The molecular formula is C9H11Cl2NO2. The first-order valence-corrected chi connectivity index (χ1v) is 4.97. The van der Waals surface area contributed by atoms with Crippen molar-refractivity contribution >= 4 is 29.1 Å². The van der Waals surface area contributed by atoms with Gasteiger partial charge in [-0.15, -0.1) is 11.6 Å². The maximum Gasteiger partial charge on any atom is 0.289 e. The maximum absolute atomic E-state index is 11.6. The van der Waals surface area contributed by atoms with Crippen molar-refractivity contribution in [3.05, 3.63) is 23.1 Å². The highest BCUT2D eigenvalue weighted by atomic mass is 35.5. The Hall–Kier alpha value is -0.670. The minimum Gasteiger partial charge on any atom is -0.440 e. The van der Waals surface area contributed by atoms with Crippen LogP contribution in [0.2, 0.25) is 5.22 Å². The molecule has 0 aromatic carbocycles. The number of carbonyl (C=O) groups is 1.